The van der Waals surface area contributed by atoms with Crippen molar-refractivity contribution in [3.05, 3.63) is 11.6 Å². The maximum absolute atomic E-state index is 9.39. The molecule has 0 saturated heterocycles. The van der Waals surface area contributed by atoms with Crippen LogP contribution < -0.4 is 0 Å². The van der Waals surface area contributed by atoms with Crippen LogP contribution in [-0.4, -0.2) is 22.9 Å². The van der Waals surface area contributed by atoms with Gasteiger partial charge in [-0.1, -0.05) is 18.9 Å². The van der Waals surface area contributed by atoms with E-state index in [4.69, 9.17) is 11.5 Å². The smallest absolute Gasteiger partial charge is 0.0622 e. The van der Waals surface area contributed by atoms with Crippen LogP contribution >= 0.6 is 0 Å². The van der Waals surface area contributed by atoms with Crippen molar-refractivity contribution in [1.29, 1.82) is 0 Å². The minimum absolute atomic E-state index is 0.0615. The fourth-order valence-corrected chi connectivity index (χ4v) is 0.957. The lowest BCUT2D eigenvalue weighted by Crippen LogP contribution is -2.21. The molecule has 0 aliphatic heterocycles. The van der Waals surface area contributed by atoms with Crippen molar-refractivity contribution in [2.24, 2.45) is 5.92 Å². The van der Waals surface area contributed by atoms with Gasteiger partial charge < -0.3 is 10.2 Å². The SMILES string of the molecule is C#C/C(C)=C/[C@H](CO)[C@H](O)CC. The van der Waals surface area contributed by atoms with Crippen molar-refractivity contribution in [3.8, 4) is 12.3 Å². The predicted octanol–water partition coefficient (Wildman–Crippen LogP) is 0.945. The molecule has 0 spiro atoms. The zero-order valence-corrected chi connectivity index (χ0v) is 7.62. The summed E-state index contributed by atoms with van der Waals surface area (Å²) in [5, 5.41) is 18.3. The van der Waals surface area contributed by atoms with Gasteiger partial charge in [0.15, 0.2) is 0 Å². The van der Waals surface area contributed by atoms with Crippen LogP contribution in [0.15, 0.2) is 11.6 Å². The molecule has 0 aromatic rings. The van der Waals surface area contributed by atoms with Crippen LogP contribution in [0.1, 0.15) is 20.3 Å². The van der Waals surface area contributed by atoms with E-state index in [1.54, 1.807) is 13.0 Å². The molecule has 0 aromatic carbocycles. The van der Waals surface area contributed by atoms with Crippen LogP contribution in [0.3, 0.4) is 0 Å². The fraction of sp³-hybridized carbons (Fsp3) is 0.600. The predicted molar refractivity (Wildman–Crippen MR) is 49.5 cm³/mol. The summed E-state index contributed by atoms with van der Waals surface area (Å²) in [5.74, 6) is 2.22. The van der Waals surface area contributed by atoms with Gasteiger partial charge in [0, 0.05) is 5.92 Å². The monoisotopic (exact) mass is 168 g/mol. The molecule has 0 unspecified atom stereocenters. The fourth-order valence-electron chi connectivity index (χ4n) is 0.957. The summed E-state index contributed by atoms with van der Waals surface area (Å²) in [6, 6.07) is 0. The van der Waals surface area contributed by atoms with E-state index in [-0.39, 0.29) is 12.5 Å². The van der Waals surface area contributed by atoms with E-state index in [9.17, 15) is 5.11 Å². The zero-order valence-electron chi connectivity index (χ0n) is 7.62. The van der Waals surface area contributed by atoms with Gasteiger partial charge in [-0.2, -0.15) is 0 Å². The van der Waals surface area contributed by atoms with Gasteiger partial charge in [-0.25, -0.2) is 0 Å². The van der Waals surface area contributed by atoms with E-state index in [1.165, 1.54) is 0 Å². The molecular formula is C10H16O2. The number of allylic oxidation sites excluding steroid dienone is 1. The summed E-state index contributed by atoms with van der Waals surface area (Å²) in [5.41, 5.74) is 0.751. The maximum atomic E-state index is 9.39. The Morgan fingerprint density at radius 2 is 2.25 bits per heavy atom. The molecule has 0 bridgehead atoms. The molecule has 0 rings (SSSR count). The number of hydrogen-bond donors (Lipinski definition) is 2. The molecular weight excluding hydrogens is 152 g/mol. The number of aliphatic hydroxyl groups excluding tert-OH is 2. The summed E-state index contributed by atoms with van der Waals surface area (Å²) >= 11 is 0. The largest absolute Gasteiger partial charge is 0.396 e. The van der Waals surface area contributed by atoms with Crippen LogP contribution in [0.4, 0.5) is 0 Å². The topological polar surface area (TPSA) is 40.5 Å². The minimum Gasteiger partial charge on any atom is -0.396 e. The number of terminal acetylenes is 1. The molecule has 2 N–H and O–H groups in total. The van der Waals surface area contributed by atoms with Gasteiger partial charge in [-0.3, -0.25) is 0 Å². The standard InChI is InChI=1S/C10H16O2/c1-4-8(3)6-9(7-11)10(12)5-2/h1,6,9-12H,5,7H2,2-3H3/b8-6+/t9-,10-/m1/s1. The second-order valence-electron chi connectivity index (χ2n) is 2.82. The Labute approximate surface area is 73.9 Å². The third kappa shape index (κ3) is 3.56. The van der Waals surface area contributed by atoms with Crippen LogP contribution in [0, 0.1) is 18.3 Å². The summed E-state index contributed by atoms with van der Waals surface area (Å²) in [6.45, 7) is 3.59. The Balaban J connectivity index is 4.28. The minimum atomic E-state index is -0.502. The highest BCUT2D eigenvalue weighted by Gasteiger charge is 2.13. The van der Waals surface area contributed by atoms with E-state index >= 15 is 0 Å². The highest BCUT2D eigenvalue weighted by Crippen LogP contribution is 2.10. The molecule has 0 aliphatic rings. The third-order valence-corrected chi connectivity index (χ3v) is 1.82. The highest BCUT2D eigenvalue weighted by molar-refractivity contribution is 5.23. The first-order valence-electron chi connectivity index (χ1n) is 4.09. The lowest BCUT2D eigenvalue weighted by atomic mass is 9.99. The Kier molecular flexibility index (Phi) is 5.44. The van der Waals surface area contributed by atoms with Crippen LogP contribution in [-0.2, 0) is 0 Å². The van der Waals surface area contributed by atoms with Crippen molar-refractivity contribution in [2.75, 3.05) is 6.61 Å². The Morgan fingerprint density at radius 3 is 2.58 bits per heavy atom. The normalized spacial score (nSPS) is 16.8. The van der Waals surface area contributed by atoms with E-state index < -0.39 is 6.10 Å². The number of rotatable bonds is 4. The first-order chi connectivity index (χ1) is 5.65. The van der Waals surface area contributed by atoms with E-state index in [1.807, 2.05) is 6.92 Å². The van der Waals surface area contributed by atoms with Crippen molar-refractivity contribution in [2.45, 2.75) is 26.4 Å². The van der Waals surface area contributed by atoms with E-state index in [0.717, 1.165) is 5.57 Å². The van der Waals surface area contributed by atoms with Gasteiger partial charge in [0.05, 0.1) is 12.7 Å². The van der Waals surface area contributed by atoms with Gasteiger partial charge in [0.25, 0.3) is 0 Å². The Hall–Kier alpha value is -0.780. The van der Waals surface area contributed by atoms with Crippen molar-refractivity contribution >= 4 is 0 Å². The summed E-state index contributed by atoms with van der Waals surface area (Å²) in [6.07, 6.45) is 6.99. The molecule has 0 aliphatic carbocycles. The molecule has 2 atom stereocenters. The number of aliphatic hydroxyl groups is 2. The first kappa shape index (κ1) is 11.2. The Morgan fingerprint density at radius 1 is 1.67 bits per heavy atom. The second kappa shape index (κ2) is 5.82. The average molecular weight is 168 g/mol. The van der Waals surface area contributed by atoms with Gasteiger partial charge in [-0.05, 0) is 18.9 Å². The first-order valence-corrected chi connectivity index (χ1v) is 4.09. The van der Waals surface area contributed by atoms with Crippen molar-refractivity contribution in [3.63, 3.8) is 0 Å². The second-order valence-corrected chi connectivity index (χ2v) is 2.82. The van der Waals surface area contributed by atoms with Crippen molar-refractivity contribution in [1.82, 2.24) is 0 Å². The molecule has 2 heteroatoms. The molecule has 0 radical (unpaired) electrons. The Bertz CT molecular complexity index is 189. The van der Waals surface area contributed by atoms with Gasteiger partial charge >= 0.3 is 0 Å². The molecule has 68 valence electrons. The third-order valence-electron chi connectivity index (χ3n) is 1.82. The van der Waals surface area contributed by atoms with Crippen LogP contribution in [0.2, 0.25) is 0 Å². The quantitative estimate of drug-likeness (QED) is 0.613. The average Bonchev–Trinajstić information content (AvgIpc) is 2.12. The summed E-state index contributed by atoms with van der Waals surface area (Å²) in [4.78, 5) is 0. The van der Waals surface area contributed by atoms with Gasteiger partial charge in [0.2, 0.25) is 0 Å². The van der Waals surface area contributed by atoms with Crippen LogP contribution in [0.5, 0.6) is 0 Å². The summed E-state index contributed by atoms with van der Waals surface area (Å²) in [7, 11) is 0. The van der Waals surface area contributed by atoms with E-state index in [0.29, 0.717) is 6.42 Å². The van der Waals surface area contributed by atoms with Crippen LogP contribution in [0.25, 0.3) is 0 Å². The molecule has 12 heavy (non-hydrogen) atoms. The molecule has 0 amide bonds. The maximum Gasteiger partial charge on any atom is 0.0622 e. The molecule has 0 saturated carbocycles. The van der Waals surface area contributed by atoms with Crippen molar-refractivity contribution < 1.29 is 10.2 Å². The summed E-state index contributed by atoms with van der Waals surface area (Å²) < 4.78 is 0. The zero-order chi connectivity index (χ0) is 9.56. The molecule has 0 fully saturated rings. The lowest BCUT2D eigenvalue weighted by molar-refractivity contribution is 0.0885. The lowest BCUT2D eigenvalue weighted by Gasteiger charge is -2.15. The van der Waals surface area contributed by atoms with E-state index in [2.05, 4.69) is 5.92 Å². The molecule has 0 aromatic heterocycles. The van der Waals surface area contributed by atoms with Gasteiger partial charge in [0.1, 0.15) is 0 Å². The highest BCUT2D eigenvalue weighted by atomic mass is 16.3. The number of hydrogen-bond acceptors (Lipinski definition) is 2. The molecule has 2 nitrogen and oxygen atoms in total. The van der Waals surface area contributed by atoms with Gasteiger partial charge in [-0.15, -0.1) is 6.42 Å². The molecule has 0 heterocycles.